The Morgan fingerprint density at radius 2 is 1.54 bits per heavy atom. The summed E-state index contributed by atoms with van der Waals surface area (Å²) in [7, 11) is 0. The van der Waals surface area contributed by atoms with Crippen LogP contribution >= 0.6 is 0 Å². The molecule has 12 nitrogen and oxygen atoms in total. The van der Waals surface area contributed by atoms with Crippen LogP contribution in [0, 0.1) is 5.92 Å². The molecular formula is C36H49N7O5. The Kier molecular flexibility index (Phi) is 11.9. The summed E-state index contributed by atoms with van der Waals surface area (Å²) in [5.41, 5.74) is 3.06. The van der Waals surface area contributed by atoms with Gasteiger partial charge in [-0.15, -0.1) is 0 Å². The zero-order chi connectivity index (χ0) is 34.0. The second-order valence-electron chi connectivity index (χ2n) is 13.0. The highest BCUT2D eigenvalue weighted by molar-refractivity contribution is 5.97. The zero-order valence-electron chi connectivity index (χ0n) is 28.2. The molecule has 2 aromatic carbocycles. The van der Waals surface area contributed by atoms with Crippen molar-refractivity contribution in [2.45, 2.75) is 77.8 Å². The lowest BCUT2D eigenvalue weighted by atomic mass is 9.98. The number of carbonyl (C=O) groups is 4. The minimum Gasteiger partial charge on any atom is -0.372 e. The number of rotatable bonds is 4. The first-order valence-corrected chi connectivity index (χ1v) is 17.5. The van der Waals surface area contributed by atoms with Crippen molar-refractivity contribution in [2.75, 3.05) is 44.2 Å². The summed E-state index contributed by atoms with van der Waals surface area (Å²) in [6.07, 6.45) is 5.89. The zero-order valence-corrected chi connectivity index (χ0v) is 28.2. The Labute approximate surface area is 281 Å². The van der Waals surface area contributed by atoms with Crippen LogP contribution in [0.25, 0.3) is 11.0 Å². The normalized spacial score (nSPS) is 20.0. The van der Waals surface area contributed by atoms with Crippen LogP contribution in [0.1, 0.15) is 85.9 Å². The molecule has 1 fully saturated rings. The van der Waals surface area contributed by atoms with Gasteiger partial charge in [-0.25, -0.2) is 4.79 Å². The molecule has 0 saturated carbocycles. The number of hydrogen-bond donors (Lipinski definition) is 4. The molecule has 48 heavy (non-hydrogen) atoms. The fourth-order valence-electron chi connectivity index (χ4n) is 6.49. The number of H-pyrrole nitrogens is 1. The predicted octanol–water partition coefficient (Wildman–Crippen LogP) is 3.41. The highest BCUT2D eigenvalue weighted by atomic mass is 16.2. The number of imidazole rings is 1. The van der Waals surface area contributed by atoms with Gasteiger partial charge in [0.2, 0.25) is 11.8 Å². The van der Waals surface area contributed by atoms with E-state index in [1.54, 1.807) is 27.7 Å². The molecule has 2 aliphatic rings. The largest absolute Gasteiger partial charge is 0.372 e. The third-order valence-corrected chi connectivity index (χ3v) is 9.55. The smallest absolute Gasteiger partial charge is 0.326 e. The number of benzene rings is 2. The fraction of sp³-hybridized carbons (Fsp3) is 0.528. The van der Waals surface area contributed by atoms with E-state index in [2.05, 4.69) is 25.8 Å². The second kappa shape index (κ2) is 16.5. The maximum Gasteiger partial charge on any atom is 0.326 e. The molecule has 0 spiro atoms. The Bertz CT molecular complexity index is 1640. The lowest BCUT2D eigenvalue weighted by Crippen LogP contribution is -2.50. The number of amides is 4. The minimum atomic E-state index is -0.691. The van der Waals surface area contributed by atoms with Gasteiger partial charge >= 0.3 is 5.69 Å². The fourth-order valence-corrected chi connectivity index (χ4v) is 6.49. The van der Waals surface area contributed by atoms with Crippen LogP contribution in [-0.2, 0) is 16.1 Å². The van der Waals surface area contributed by atoms with E-state index in [1.165, 1.54) is 19.3 Å². The van der Waals surface area contributed by atoms with Gasteiger partial charge in [0.1, 0.15) is 6.04 Å². The van der Waals surface area contributed by atoms with Crippen molar-refractivity contribution in [3.63, 3.8) is 0 Å². The lowest BCUT2D eigenvalue weighted by molar-refractivity contribution is -0.130. The molecule has 5 rings (SSSR count). The van der Waals surface area contributed by atoms with Crippen molar-refractivity contribution in [3.05, 3.63) is 64.1 Å². The van der Waals surface area contributed by atoms with E-state index in [0.29, 0.717) is 80.6 Å². The van der Waals surface area contributed by atoms with Crippen molar-refractivity contribution < 1.29 is 19.2 Å². The topological polar surface area (TPSA) is 149 Å². The minimum absolute atomic E-state index is 0.0822. The number of carbonyl (C=O) groups excluding carboxylic acids is 4. The van der Waals surface area contributed by atoms with E-state index < -0.39 is 6.04 Å². The number of aromatic amines is 1. The molecule has 0 aliphatic carbocycles. The Hall–Kier alpha value is -4.61. The molecule has 1 saturated heterocycles. The van der Waals surface area contributed by atoms with Crippen LogP contribution in [0.2, 0.25) is 0 Å². The van der Waals surface area contributed by atoms with Crippen LogP contribution < -0.4 is 26.5 Å². The molecular weight excluding hydrogens is 610 g/mol. The van der Waals surface area contributed by atoms with Crippen molar-refractivity contribution in [1.29, 1.82) is 0 Å². The molecule has 2 aliphatic heterocycles. The molecule has 4 amide bonds. The molecule has 4 N–H and O–H groups in total. The molecule has 3 heterocycles. The van der Waals surface area contributed by atoms with E-state index in [0.717, 1.165) is 18.8 Å². The molecule has 0 radical (unpaired) electrons. The van der Waals surface area contributed by atoms with Crippen molar-refractivity contribution in [1.82, 2.24) is 30.4 Å². The molecule has 1 aromatic heterocycles. The number of fused-ring (bicyclic) bond motifs is 1. The van der Waals surface area contributed by atoms with Gasteiger partial charge in [0, 0.05) is 69.0 Å². The third kappa shape index (κ3) is 8.64. The Balaban J connectivity index is 1.33. The Morgan fingerprint density at radius 1 is 0.833 bits per heavy atom. The number of aromatic nitrogens is 2. The number of nitrogens with zero attached hydrogens (tertiary/aromatic N) is 3. The van der Waals surface area contributed by atoms with Gasteiger partial charge in [0.05, 0.1) is 11.0 Å². The standard InChI is InChI=1S/C36H49N7O5/c1-3-25(2)32-34(46)38-18-9-23-43-30-24-27(13-16-29(30)39-36(43)48)33(45)37-17-8-22-42(21-7-10-31(44)40-32)35(47)26-11-14-28(15-12-26)41-19-5-4-6-20-41/h11-16,24-25,32H,3-10,17-23H2,1-2H3,(H,37,45)(H,38,46)(H,39,48)(H,40,44)/t25-,32-/m0/s1. The van der Waals surface area contributed by atoms with Gasteiger partial charge in [-0.2, -0.15) is 0 Å². The molecule has 258 valence electrons. The first kappa shape index (κ1) is 34.7. The molecule has 2 atom stereocenters. The van der Waals surface area contributed by atoms with Crippen LogP contribution in [0.4, 0.5) is 5.69 Å². The summed E-state index contributed by atoms with van der Waals surface area (Å²) < 4.78 is 1.57. The first-order valence-electron chi connectivity index (χ1n) is 17.5. The van der Waals surface area contributed by atoms with Gasteiger partial charge in [-0.05, 0) is 86.9 Å². The van der Waals surface area contributed by atoms with E-state index >= 15 is 0 Å². The third-order valence-electron chi connectivity index (χ3n) is 9.55. The van der Waals surface area contributed by atoms with Crippen LogP contribution in [0.15, 0.2) is 47.3 Å². The number of aryl methyl sites for hydroxylation is 1. The number of nitrogens with one attached hydrogen (secondary N) is 4. The van der Waals surface area contributed by atoms with Crippen molar-refractivity contribution in [3.8, 4) is 0 Å². The highest BCUT2D eigenvalue weighted by Gasteiger charge is 2.26. The maximum atomic E-state index is 13.7. The van der Waals surface area contributed by atoms with Gasteiger partial charge in [0.15, 0.2) is 0 Å². The second-order valence-corrected chi connectivity index (χ2v) is 13.0. The van der Waals surface area contributed by atoms with Gasteiger partial charge in [-0.1, -0.05) is 20.3 Å². The average molecular weight is 660 g/mol. The molecule has 3 aromatic rings. The molecule has 2 bridgehead atoms. The van der Waals surface area contributed by atoms with E-state index in [9.17, 15) is 24.0 Å². The van der Waals surface area contributed by atoms with E-state index in [-0.39, 0.29) is 41.7 Å². The van der Waals surface area contributed by atoms with Gasteiger partial charge in [-0.3, -0.25) is 23.7 Å². The van der Waals surface area contributed by atoms with Crippen LogP contribution in [0.5, 0.6) is 0 Å². The predicted molar refractivity (Wildman–Crippen MR) is 186 cm³/mol. The highest BCUT2D eigenvalue weighted by Crippen LogP contribution is 2.21. The summed E-state index contributed by atoms with van der Waals surface area (Å²) in [4.78, 5) is 72.7. The maximum absolute atomic E-state index is 13.7. The lowest BCUT2D eigenvalue weighted by Gasteiger charge is -2.29. The van der Waals surface area contributed by atoms with Gasteiger partial charge in [0.25, 0.3) is 11.8 Å². The van der Waals surface area contributed by atoms with E-state index in [4.69, 9.17) is 0 Å². The Morgan fingerprint density at radius 3 is 2.29 bits per heavy atom. The first-order chi connectivity index (χ1) is 23.2. The van der Waals surface area contributed by atoms with E-state index in [1.807, 2.05) is 38.1 Å². The summed E-state index contributed by atoms with van der Waals surface area (Å²) in [6.45, 7) is 7.70. The average Bonchev–Trinajstić information content (AvgIpc) is 3.42. The monoisotopic (exact) mass is 659 g/mol. The summed E-state index contributed by atoms with van der Waals surface area (Å²) in [5, 5.41) is 8.79. The SMILES string of the molecule is CC[C@H](C)[C@@H]1NC(=O)CCCN(C(=O)c2ccc(N3CCCCC3)cc2)CCCNC(=O)c2ccc3[nH]c(=O)n(c3c2)CCCNC1=O. The summed E-state index contributed by atoms with van der Waals surface area (Å²) in [6, 6.07) is 12.1. The van der Waals surface area contributed by atoms with Crippen molar-refractivity contribution >= 4 is 40.3 Å². The number of anilines is 1. The number of hydrogen-bond acceptors (Lipinski definition) is 6. The molecule has 12 heteroatoms. The van der Waals surface area contributed by atoms with Gasteiger partial charge < -0.3 is 30.7 Å². The van der Waals surface area contributed by atoms with Crippen molar-refractivity contribution in [2.24, 2.45) is 5.92 Å². The van der Waals surface area contributed by atoms with Crippen LogP contribution in [-0.4, -0.2) is 83.4 Å². The molecule has 0 unspecified atom stereocenters. The summed E-state index contributed by atoms with van der Waals surface area (Å²) >= 11 is 0. The van der Waals surface area contributed by atoms with Crippen LogP contribution in [0.3, 0.4) is 0 Å². The number of piperidine rings is 1. The summed E-state index contributed by atoms with van der Waals surface area (Å²) in [5.74, 6) is -0.987. The quantitative estimate of drug-likeness (QED) is 0.338.